The van der Waals surface area contributed by atoms with Crippen LogP contribution >= 0.6 is 0 Å². The minimum Gasteiger partial charge on any atom is -0.492 e. The van der Waals surface area contributed by atoms with Crippen molar-refractivity contribution in [3.63, 3.8) is 0 Å². The van der Waals surface area contributed by atoms with E-state index in [1.165, 1.54) is 0 Å². The molecule has 0 saturated heterocycles. The largest absolute Gasteiger partial charge is 0.492 e. The first kappa shape index (κ1) is 8.94. The molecule has 0 amide bonds. The van der Waals surface area contributed by atoms with E-state index in [1.54, 1.807) is 6.20 Å². The molecule has 72 valence electrons. The molecule has 2 aromatic heterocycles. The standard InChI is InChI=1S/C11H12N2O/c1-3-14-10-7-9-5-4-6-12-11(9)13-8(10)2/h4-7H,3H2,1-2H3. The highest BCUT2D eigenvalue weighted by molar-refractivity contribution is 5.76. The second kappa shape index (κ2) is 3.62. The van der Waals surface area contributed by atoms with Crippen LogP contribution in [-0.4, -0.2) is 16.6 Å². The molecule has 0 bridgehead atoms. The van der Waals surface area contributed by atoms with Gasteiger partial charge in [0.1, 0.15) is 5.75 Å². The number of nitrogens with zero attached hydrogens (tertiary/aromatic N) is 2. The van der Waals surface area contributed by atoms with E-state index in [4.69, 9.17) is 4.74 Å². The lowest BCUT2D eigenvalue weighted by Gasteiger charge is -2.06. The third-order valence-corrected chi connectivity index (χ3v) is 2.03. The molecule has 3 heteroatoms. The van der Waals surface area contributed by atoms with Crippen molar-refractivity contribution in [3.8, 4) is 5.75 Å². The van der Waals surface area contributed by atoms with Crippen LogP contribution in [0.1, 0.15) is 12.6 Å². The fourth-order valence-corrected chi connectivity index (χ4v) is 1.38. The van der Waals surface area contributed by atoms with Crippen molar-refractivity contribution >= 4 is 11.0 Å². The Morgan fingerprint density at radius 1 is 1.43 bits per heavy atom. The maximum atomic E-state index is 5.45. The Hall–Kier alpha value is -1.64. The molecule has 14 heavy (non-hydrogen) atoms. The Bertz CT molecular complexity index is 454. The highest BCUT2D eigenvalue weighted by Gasteiger charge is 2.03. The second-order valence-corrected chi connectivity index (χ2v) is 3.06. The van der Waals surface area contributed by atoms with Crippen LogP contribution in [0.15, 0.2) is 24.4 Å². The highest BCUT2D eigenvalue weighted by Crippen LogP contribution is 2.20. The third-order valence-electron chi connectivity index (χ3n) is 2.03. The Morgan fingerprint density at radius 2 is 2.29 bits per heavy atom. The van der Waals surface area contributed by atoms with Gasteiger partial charge in [-0.25, -0.2) is 9.97 Å². The summed E-state index contributed by atoms with van der Waals surface area (Å²) in [5, 5.41) is 1.02. The number of fused-ring (bicyclic) bond motifs is 1. The van der Waals surface area contributed by atoms with Gasteiger partial charge in [0.05, 0.1) is 12.3 Å². The number of hydrogen-bond acceptors (Lipinski definition) is 3. The van der Waals surface area contributed by atoms with Crippen molar-refractivity contribution in [1.82, 2.24) is 9.97 Å². The van der Waals surface area contributed by atoms with Gasteiger partial charge in [-0.2, -0.15) is 0 Å². The Balaban J connectivity index is 2.59. The van der Waals surface area contributed by atoms with Crippen LogP contribution in [0, 0.1) is 6.92 Å². The predicted octanol–water partition coefficient (Wildman–Crippen LogP) is 2.34. The first-order chi connectivity index (χ1) is 6.81. The summed E-state index contributed by atoms with van der Waals surface area (Å²) in [6, 6.07) is 5.86. The van der Waals surface area contributed by atoms with E-state index in [9.17, 15) is 0 Å². The van der Waals surface area contributed by atoms with Crippen LogP contribution in [0.2, 0.25) is 0 Å². The summed E-state index contributed by atoms with van der Waals surface area (Å²) >= 11 is 0. The van der Waals surface area contributed by atoms with Gasteiger partial charge in [-0.15, -0.1) is 0 Å². The first-order valence-electron chi connectivity index (χ1n) is 4.66. The third kappa shape index (κ3) is 1.53. The van der Waals surface area contributed by atoms with Gasteiger partial charge in [-0.05, 0) is 32.0 Å². The summed E-state index contributed by atoms with van der Waals surface area (Å²) < 4.78 is 5.45. The summed E-state index contributed by atoms with van der Waals surface area (Å²) in [7, 11) is 0. The minimum atomic E-state index is 0.661. The quantitative estimate of drug-likeness (QED) is 0.725. The van der Waals surface area contributed by atoms with E-state index in [0.29, 0.717) is 6.61 Å². The average Bonchev–Trinajstić information content (AvgIpc) is 2.19. The number of ether oxygens (including phenoxy) is 1. The van der Waals surface area contributed by atoms with Crippen LogP contribution in [-0.2, 0) is 0 Å². The first-order valence-corrected chi connectivity index (χ1v) is 4.66. The molecular formula is C11H12N2O. The molecule has 0 N–H and O–H groups in total. The van der Waals surface area contributed by atoms with E-state index < -0.39 is 0 Å². The Kier molecular flexibility index (Phi) is 2.31. The molecular weight excluding hydrogens is 176 g/mol. The zero-order valence-corrected chi connectivity index (χ0v) is 8.32. The van der Waals surface area contributed by atoms with E-state index in [-0.39, 0.29) is 0 Å². The molecule has 0 aliphatic heterocycles. The summed E-state index contributed by atoms with van der Waals surface area (Å²) in [4.78, 5) is 8.53. The maximum absolute atomic E-state index is 5.45. The van der Waals surface area contributed by atoms with Gasteiger partial charge in [-0.3, -0.25) is 0 Å². The molecule has 0 spiro atoms. The van der Waals surface area contributed by atoms with Crippen molar-refractivity contribution < 1.29 is 4.74 Å². The van der Waals surface area contributed by atoms with Gasteiger partial charge in [0.15, 0.2) is 5.65 Å². The number of pyridine rings is 2. The molecule has 2 rings (SSSR count). The number of hydrogen-bond donors (Lipinski definition) is 0. The SMILES string of the molecule is CCOc1cc2cccnc2nc1C. The average molecular weight is 188 g/mol. The second-order valence-electron chi connectivity index (χ2n) is 3.06. The molecule has 0 aromatic carbocycles. The smallest absolute Gasteiger partial charge is 0.159 e. The normalized spacial score (nSPS) is 10.4. The molecule has 0 radical (unpaired) electrons. The predicted molar refractivity (Wildman–Crippen MR) is 55.4 cm³/mol. The van der Waals surface area contributed by atoms with E-state index in [1.807, 2.05) is 32.0 Å². The molecule has 0 aliphatic carbocycles. The van der Waals surface area contributed by atoms with Crippen molar-refractivity contribution in [2.24, 2.45) is 0 Å². The maximum Gasteiger partial charge on any atom is 0.159 e. The van der Waals surface area contributed by atoms with Crippen LogP contribution in [0.5, 0.6) is 5.75 Å². The van der Waals surface area contributed by atoms with Crippen molar-refractivity contribution in [1.29, 1.82) is 0 Å². The monoisotopic (exact) mass is 188 g/mol. The van der Waals surface area contributed by atoms with E-state index in [0.717, 1.165) is 22.5 Å². The van der Waals surface area contributed by atoms with E-state index in [2.05, 4.69) is 9.97 Å². The molecule has 3 nitrogen and oxygen atoms in total. The van der Waals surface area contributed by atoms with Gasteiger partial charge >= 0.3 is 0 Å². The van der Waals surface area contributed by atoms with Gasteiger partial charge in [0.25, 0.3) is 0 Å². The zero-order valence-electron chi connectivity index (χ0n) is 8.32. The summed E-state index contributed by atoms with van der Waals surface area (Å²) in [5.74, 6) is 0.841. The number of aromatic nitrogens is 2. The van der Waals surface area contributed by atoms with Crippen LogP contribution in [0.25, 0.3) is 11.0 Å². The fourth-order valence-electron chi connectivity index (χ4n) is 1.38. The molecule has 2 aromatic rings. The minimum absolute atomic E-state index is 0.661. The molecule has 2 heterocycles. The van der Waals surface area contributed by atoms with Gasteiger partial charge in [0.2, 0.25) is 0 Å². The van der Waals surface area contributed by atoms with Gasteiger partial charge in [0, 0.05) is 11.6 Å². The lowest BCUT2D eigenvalue weighted by Crippen LogP contribution is -1.96. The lowest BCUT2D eigenvalue weighted by atomic mass is 10.2. The Morgan fingerprint density at radius 3 is 3.07 bits per heavy atom. The topological polar surface area (TPSA) is 35.0 Å². The van der Waals surface area contributed by atoms with Crippen molar-refractivity contribution in [3.05, 3.63) is 30.1 Å². The van der Waals surface area contributed by atoms with Crippen LogP contribution in [0.3, 0.4) is 0 Å². The van der Waals surface area contributed by atoms with Gasteiger partial charge < -0.3 is 4.74 Å². The summed E-state index contributed by atoms with van der Waals surface area (Å²) in [6.07, 6.45) is 1.75. The highest BCUT2D eigenvalue weighted by atomic mass is 16.5. The number of aryl methyl sites for hydroxylation is 1. The van der Waals surface area contributed by atoms with Crippen LogP contribution in [0.4, 0.5) is 0 Å². The van der Waals surface area contributed by atoms with E-state index >= 15 is 0 Å². The summed E-state index contributed by atoms with van der Waals surface area (Å²) in [6.45, 7) is 4.56. The Labute approximate surface area is 82.8 Å². The van der Waals surface area contributed by atoms with Gasteiger partial charge in [-0.1, -0.05) is 0 Å². The fraction of sp³-hybridized carbons (Fsp3) is 0.273. The lowest BCUT2D eigenvalue weighted by molar-refractivity contribution is 0.337. The van der Waals surface area contributed by atoms with Crippen molar-refractivity contribution in [2.75, 3.05) is 6.61 Å². The summed E-state index contributed by atoms with van der Waals surface area (Å²) in [5.41, 5.74) is 1.66. The van der Waals surface area contributed by atoms with Crippen molar-refractivity contribution in [2.45, 2.75) is 13.8 Å². The molecule has 0 atom stereocenters. The zero-order chi connectivity index (χ0) is 9.97. The molecule has 0 fully saturated rings. The molecule has 0 saturated carbocycles. The molecule has 0 unspecified atom stereocenters. The van der Waals surface area contributed by atoms with Crippen LogP contribution < -0.4 is 4.74 Å². The molecule has 0 aliphatic rings. The number of rotatable bonds is 2.